The third-order valence-electron chi connectivity index (χ3n) is 10.7. The molecule has 8 rings (SSSR count). The molecule has 4 heterocycles. The Morgan fingerprint density at radius 3 is 2.39 bits per heavy atom. The molecule has 3 atom stereocenters. The van der Waals surface area contributed by atoms with Crippen molar-refractivity contribution in [2.45, 2.75) is 58.0 Å². The smallest absolute Gasteiger partial charge is 0.326 e. The number of nitrogens with one attached hydrogen (secondary N) is 1. The van der Waals surface area contributed by atoms with E-state index in [2.05, 4.69) is 15.3 Å². The van der Waals surface area contributed by atoms with E-state index in [9.17, 15) is 19.5 Å². The minimum absolute atomic E-state index is 0.00784. The van der Waals surface area contributed by atoms with Gasteiger partial charge in [0, 0.05) is 31.3 Å². The number of carboxylic acids is 1. The van der Waals surface area contributed by atoms with E-state index in [0.29, 0.717) is 33.9 Å². The standard InChI is InChI=1S/C45H38Cl2N4O8/c1-25-26(2)48-14-13-34(25)29-6-3-27(4-7-29)18-37(45(54)55)50-42(52)38-19-31-20-39-40(21-32(31)22-51(38)44(53)43-49-15-16-56-43)59-41(24-58-39)30-8-10-33(11-9-30)57-23-28-5-12-35(46)36(47)17-28/h3-17,20-21,37-38,41H,18-19,22-24H2,1-2H3,(H,50,52)(H,54,55)/t37-,38-,41+/m0/s1. The fraction of sp³-hybridized carbons (Fsp3) is 0.222. The van der Waals surface area contributed by atoms with Crippen LogP contribution in [0, 0.1) is 13.8 Å². The summed E-state index contributed by atoms with van der Waals surface area (Å²) < 4.78 is 23.9. The molecule has 59 heavy (non-hydrogen) atoms. The van der Waals surface area contributed by atoms with E-state index in [4.69, 9.17) is 41.8 Å². The van der Waals surface area contributed by atoms with Crippen LogP contribution >= 0.6 is 23.2 Å². The lowest BCUT2D eigenvalue weighted by Crippen LogP contribution is -2.56. The molecule has 4 aromatic carbocycles. The molecule has 0 radical (unpaired) electrons. The van der Waals surface area contributed by atoms with Crippen molar-refractivity contribution < 1.29 is 38.1 Å². The maximum Gasteiger partial charge on any atom is 0.326 e. The molecule has 0 saturated carbocycles. The lowest BCUT2D eigenvalue weighted by molar-refractivity contribution is -0.142. The van der Waals surface area contributed by atoms with Crippen LogP contribution in [0.25, 0.3) is 11.1 Å². The number of rotatable bonds is 11. The Kier molecular flexibility index (Phi) is 11.3. The van der Waals surface area contributed by atoms with Crippen LogP contribution in [-0.4, -0.2) is 56.4 Å². The van der Waals surface area contributed by atoms with E-state index in [1.165, 1.54) is 17.4 Å². The number of benzene rings is 4. The van der Waals surface area contributed by atoms with Gasteiger partial charge in [0.1, 0.15) is 37.3 Å². The molecule has 0 bridgehead atoms. The van der Waals surface area contributed by atoms with Gasteiger partial charge in [0.15, 0.2) is 17.6 Å². The van der Waals surface area contributed by atoms with E-state index in [-0.39, 0.29) is 31.9 Å². The Bertz CT molecular complexity index is 2530. The van der Waals surface area contributed by atoms with Crippen LogP contribution in [0.15, 0.2) is 108 Å². The normalized spacial score (nSPS) is 16.2. The summed E-state index contributed by atoms with van der Waals surface area (Å²) in [5, 5.41) is 13.9. The number of aromatic nitrogens is 2. The van der Waals surface area contributed by atoms with Crippen LogP contribution in [0.1, 0.15) is 55.9 Å². The van der Waals surface area contributed by atoms with E-state index in [0.717, 1.165) is 50.2 Å². The molecular weight excluding hydrogens is 795 g/mol. The predicted octanol–water partition coefficient (Wildman–Crippen LogP) is 8.13. The lowest BCUT2D eigenvalue weighted by Gasteiger charge is -2.37. The molecule has 2 N–H and O–H groups in total. The van der Waals surface area contributed by atoms with Crippen molar-refractivity contribution >= 4 is 41.0 Å². The number of amides is 2. The molecular formula is C45H38Cl2N4O8. The second kappa shape index (κ2) is 16.8. The predicted molar refractivity (Wildman–Crippen MR) is 219 cm³/mol. The number of ether oxygens (including phenoxy) is 3. The van der Waals surface area contributed by atoms with Gasteiger partial charge in [-0.15, -0.1) is 0 Å². The highest BCUT2D eigenvalue weighted by Gasteiger charge is 2.39. The Hall–Kier alpha value is -6.37. The molecule has 14 heteroatoms. The summed E-state index contributed by atoms with van der Waals surface area (Å²) in [6.45, 7) is 4.51. The van der Waals surface area contributed by atoms with Crippen LogP contribution in [0.4, 0.5) is 0 Å². The molecule has 2 aliphatic rings. The number of pyridine rings is 1. The maximum absolute atomic E-state index is 14.1. The number of carboxylic acid groups (broad SMARTS) is 1. The number of oxazole rings is 1. The first kappa shape index (κ1) is 39.5. The number of fused-ring (bicyclic) bond motifs is 2. The summed E-state index contributed by atoms with van der Waals surface area (Å²) in [6.07, 6.45) is 4.07. The fourth-order valence-electron chi connectivity index (χ4n) is 7.27. The van der Waals surface area contributed by atoms with Gasteiger partial charge in [0.2, 0.25) is 5.91 Å². The number of nitrogens with zero attached hydrogens (tertiary/aromatic N) is 3. The van der Waals surface area contributed by atoms with Gasteiger partial charge in [-0.25, -0.2) is 9.78 Å². The number of aliphatic carboxylic acids is 1. The average molecular weight is 834 g/mol. The Morgan fingerprint density at radius 2 is 1.66 bits per heavy atom. The Morgan fingerprint density at radius 1 is 0.898 bits per heavy atom. The summed E-state index contributed by atoms with van der Waals surface area (Å²) in [5.74, 6) is -0.987. The van der Waals surface area contributed by atoms with Crippen molar-refractivity contribution in [3.05, 3.63) is 159 Å². The zero-order valence-corrected chi connectivity index (χ0v) is 33.5. The molecule has 300 valence electrons. The van der Waals surface area contributed by atoms with Crippen molar-refractivity contribution in [2.75, 3.05) is 6.61 Å². The Labute approximate surface area is 349 Å². The number of hydrogen-bond donors (Lipinski definition) is 2. The molecule has 2 aliphatic heterocycles. The summed E-state index contributed by atoms with van der Waals surface area (Å²) in [6, 6.07) is 23.7. The summed E-state index contributed by atoms with van der Waals surface area (Å²) >= 11 is 12.2. The van der Waals surface area contributed by atoms with E-state index >= 15 is 0 Å². The number of carbonyl (C=O) groups is 3. The highest BCUT2D eigenvalue weighted by Crippen LogP contribution is 2.41. The molecule has 0 spiro atoms. The average Bonchev–Trinajstić information content (AvgIpc) is 3.79. The van der Waals surface area contributed by atoms with Crippen molar-refractivity contribution in [1.82, 2.24) is 20.2 Å². The third kappa shape index (κ3) is 8.60. The van der Waals surface area contributed by atoms with Crippen LogP contribution in [0.3, 0.4) is 0 Å². The van der Waals surface area contributed by atoms with Gasteiger partial charge >= 0.3 is 11.9 Å². The van der Waals surface area contributed by atoms with E-state index in [1.807, 2.05) is 86.6 Å². The molecule has 2 amide bonds. The van der Waals surface area contributed by atoms with Crippen molar-refractivity contribution in [1.29, 1.82) is 0 Å². The lowest BCUT2D eigenvalue weighted by atomic mass is 9.92. The van der Waals surface area contributed by atoms with Crippen LogP contribution in [0.5, 0.6) is 17.2 Å². The van der Waals surface area contributed by atoms with Crippen molar-refractivity contribution in [2.24, 2.45) is 0 Å². The highest BCUT2D eigenvalue weighted by atomic mass is 35.5. The van der Waals surface area contributed by atoms with Gasteiger partial charge in [-0.1, -0.05) is 65.7 Å². The first-order valence-electron chi connectivity index (χ1n) is 18.9. The van der Waals surface area contributed by atoms with Gasteiger partial charge in [-0.2, -0.15) is 0 Å². The van der Waals surface area contributed by atoms with Crippen molar-refractivity contribution in [3.63, 3.8) is 0 Å². The highest BCUT2D eigenvalue weighted by molar-refractivity contribution is 6.42. The number of halogens is 2. The van der Waals surface area contributed by atoms with Gasteiger partial charge in [-0.3, -0.25) is 14.6 Å². The molecule has 6 aromatic rings. The number of hydrogen-bond acceptors (Lipinski definition) is 9. The maximum atomic E-state index is 14.1. The summed E-state index contributed by atoms with van der Waals surface area (Å²) in [4.78, 5) is 50.1. The van der Waals surface area contributed by atoms with Crippen molar-refractivity contribution in [3.8, 4) is 28.4 Å². The SMILES string of the molecule is Cc1nccc(-c2ccc(C[C@H](NC(=O)[C@@H]3Cc4cc5c(cc4CN3C(=O)c3ncco3)O[C@@H](c3ccc(OCc4ccc(Cl)c(Cl)c4)cc3)CO5)C(=O)O)cc2)c1C. The van der Waals surface area contributed by atoms with Gasteiger partial charge in [0.25, 0.3) is 5.89 Å². The van der Waals surface area contributed by atoms with Gasteiger partial charge in [0.05, 0.1) is 16.2 Å². The van der Waals surface area contributed by atoms with Gasteiger partial charge in [-0.05, 0) is 101 Å². The van der Waals surface area contributed by atoms with Crippen LogP contribution < -0.4 is 19.5 Å². The fourth-order valence-corrected chi connectivity index (χ4v) is 7.59. The third-order valence-corrected chi connectivity index (χ3v) is 11.4. The summed E-state index contributed by atoms with van der Waals surface area (Å²) in [5.41, 5.74) is 7.96. The molecule has 0 saturated heterocycles. The monoisotopic (exact) mass is 832 g/mol. The van der Waals surface area contributed by atoms with Crippen LogP contribution in [0.2, 0.25) is 10.0 Å². The first-order chi connectivity index (χ1) is 28.5. The molecule has 12 nitrogen and oxygen atoms in total. The molecule has 2 aromatic heterocycles. The minimum Gasteiger partial charge on any atom is -0.489 e. The van der Waals surface area contributed by atoms with E-state index < -0.39 is 36.0 Å². The second-order valence-electron chi connectivity index (χ2n) is 14.5. The van der Waals surface area contributed by atoms with Gasteiger partial charge < -0.3 is 34.0 Å². The second-order valence-corrected chi connectivity index (χ2v) is 15.3. The largest absolute Gasteiger partial charge is 0.489 e. The Balaban J connectivity index is 0.970. The number of aryl methyl sites for hydroxylation is 1. The summed E-state index contributed by atoms with van der Waals surface area (Å²) in [7, 11) is 0. The van der Waals surface area contributed by atoms with E-state index in [1.54, 1.807) is 18.3 Å². The minimum atomic E-state index is -1.27. The first-order valence-corrected chi connectivity index (χ1v) is 19.6. The zero-order valence-electron chi connectivity index (χ0n) is 32.0. The topological polar surface area (TPSA) is 153 Å². The van der Waals surface area contributed by atoms with Crippen LogP contribution in [-0.2, 0) is 35.6 Å². The number of carbonyl (C=O) groups excluding carboxylic acids is 2. The zero-order chi connectivity index (χ0) is 41.2. The molecule has 0 fully saturated rings. The molecule has 0 unspecified atom stereocenters. The molecule has 0 aliphatic carbocycles. The quantitative estimate of drug-likeness (QED) is 0.131.